The first-order valence-electron chi connectivity index (χ1n) is 7.31. The highest BCUT2D eigenvalue weighted by molar-refractivity contribution is 6.30. The minimum Gasteiger partial charge on any atom is -0.493 e. The van der Waals surface area contributed by atoms with Gasteiger partial charge in [0.05, 0.1) is 7.11 Å². The Kier molecular flexibility index (Phi) is 6.77. The van der Waals surface area contributed by atoms with E-state index in [1.54, 1.807) is 30.3 Å². The van der Waals surface area contributed by atoms with E-state index >= 15 is 0 Å². The molecule has 0 aromatic heterocycles. The summed E-state index contributed by atoms with van der Waals surface area (Å²) in [4.78, 5) is 11.9. The van der Waals surface area contributed by atoms with Gasteiger partial charge in [-0.25, -0.2) is 0 Å². The smallest absolute Gasteiger partial charge is 0.387 e. The Labute approximate surface area is 149 Å². The van der Waals surface area contributed by atoms with Crippen molar-refractivity contribution in [2.24, 2.45) is 0 Å². The molecule has 0 aliphatic rings. The second-order valence-corrected chi connectivity index (χ2v) is 5.41. The highest BCUT2D eigenvalue weighted by Gasteiger charge is 2.10. The van der Waals surface area contributed by atoms with Gasteiger partial charge in [0.15, 0.2) is 11.5 Å². The first kappa shape index (κ1) is 18.7. The molecule has 2 aromatic rings. The number of amides is 1. The third-order valence-electron chi connectivity index (χ3n) is 3.19. The number of carbonyl (C=O) groups is 1. The van der Waals surface area contributed by atoms with Crippen LogP contribution in [-0.4, -0.2) is 19.6 Å². The number of halogens is 3. The van der Waals surface area contributed by atoms with Gasteiger partial charge in [-0.1, -0.05) is 29.8 Å². The lowest BCUT2D eigenvalue weighted by Gasteiger charge is -2.10. The van der Waals surface area contributed by atoms with E-state index in [0.29, 0.717) is 17.1 Å². The average molecular weight is 368 g/mol. The van der Waals surface area contributed by atoms with E-state index in [4.69, 9.17) is 16.3 Å². The molecule has 0 fully saturated rings. The predicted molar refractivity (Wildman–Crippen MR) is 92.0 cm³/mol. The standard InChI is InChI=1S/C18H16ClF2NO3/c1-24-16-10-12(5-7-15(16)25-18(20)21)6-8-17(23)22-11-13-3-2-4-14(19)9-13/h2-10,18H,11H2,1H3,(H,22,23). The molecule has 0 bridgehead atoms. The SMILES string of the molecule is COc1cc(C=CC(=O)NCc2cccc(Cl)c2)ccc1OC(F)F. The van der Waals surface area contributed by atoms with Crippen molar-refractivity contribution in [1.29, 1.82) is 0 Å². The van der Waals surface area contributed by atoms with Crippen LogP contribution in [0.2, 0.25) is 5.02 Å². The number of hydrogen-bond donors (Lipinski definition) is 1. The van der Waals surface area contributed by atoms with Gasteiger partial charge in [0.2, 0.25) is 5.91 Å². The second-order valence-electron chi connectivity index (χ2n) is 4.97. The molecular weight excluding hydrogens is 352 g/mol. The summed E-state index contributed by atoms with van der Waals surface area (Å²) in [5.41, 5.74) is 1.49. The Morgan fingerprint density at radius 1 is 1.24 bits per heavy atom. The average Bonchev–Trinajstić information content (AvgIpc) is 2.58. The van der Waals surface area contributed by atoms with Crippen LogP contribution in [0.5, 0.6) is 11.5 Å². The summed E-state index contributed by atoms with van der Waals surface area (Å²) in [6.07, 6.45) is 2.88. The zero-order chi connectivity index (χ0) is 18.2. The van der Waals surface area contributed by atoms with Gasteiger partial charge >= 0.3 is 6.61 Å². The van der Waals surface area contributed by atoms with Crippen molar-refractivity contribution >= 4 is 23.6 Å². The Morgan fingerprint density at radius 3 is 2.72 bits per heavy atom. The van der Waals surface area contributed by atoms with Crippen LogP contribution in [0, 0.1) is 0 Å². The maximum atomic E-state index is 12.3. The topological polar surface area (TPSA) is 47.6 Å². The molecule has 2 aromatic carbocycles. The summed E-state index contributed by atoms with van der Waals surface area (Å²) in [5, 5.41) is 3.32. The summed E-state index contributed by atoms with van der Waals surface area (Å²) in [6, 6.07) is 11.6. The van der Waals surface area contributed by atoms with Crippen LogP contribution >= 0.6 is 11.6 Å². The molecule has 0 spiro atoms. The Morgan fingerprint density at radius 2 is 2.04 bits per heavy atom. The van der Waals surface area contributed by atoms with Gasteiger partial charge in [-0.05, 0) is 41.5 Å². The van der Waals surface area contributed by atoms with Crippen molar-refractivity contribution in [2.45, 2.75) is 13.2 Å². The Balaban J connectivity index is 1.97. The molecule has 0 unspecified atom stereocenters. The zero-order valence-electron chi connectivity index (χ0n) is 13.3. The third kappa shape index (κ3) is 6.08. The summed E-state index contributed by atoms with van der Waals surface area (Å²) in [6.45, 7) is -2.60. The van der Waals surface area contributed by atoms with Crippen LogP contribution in [0.15, 0.2) is 48.5 Å². The van der Waals surface area contributed by atoms with Gasteiger partial charge in [-0.3, -0.25) is 4.79 Å². The molecule has 1 amide bonds. The lowest BCUT2D eigenvalue weighted by atomic mass is 10.2. The molecule has 0 saturated heterocycles. The number of alkyl halides is 2. The summed E-state index contributed by atoms with van der Waals surface area (Å²) >= 11 is 5.88. The van der Waals surface area contributed by atoms with Crippen molar-refractivity contribution in [3.05, 3.63) is 64.7 Å². The van der Waals surface area contributed by atoms with Gasteiger partial charge in [-0.15, -0.1) is 0 Å². The zero-order valence-corrected chi connectivity index (χ0v) is 14.1. The van der Waals surface area contributed by atoms with E-state index in [0.717, 1.165) is 5.56 Å². The van der Waals surface area contributed by atoms with Crippen LogP contribution in [0.25, 0.3) is 6.08 Å². The predicted octanol–water partition coefficient (Wildman–Crippen LogP) is 4.28. The highest BCUT2D eigenvalue weighted by Crippen LogP contribution is 2.29. The monoisotopic (exact) mass is 367 g/mol. The minimum atomic E-state index is -2.94. The van der Waals surface area contributed by atoms with Crippen molar-refractivity contribution in [3.8, 4) is 11.5 Å². The summed E-state index contributed by atoms with van der Waals surface area (Å²) in [7, 11) is 1.35. The number of carbonyl (C=O) groups excluding carboxylic acids is 1. The van der Waals surface area contributed by atoms with Crippen molar-refractivity contribution in [3.63, 3.8) is 0 Å². The van der Waals surface area contributed by atoms with E-state index in [9.17, 15) is 13.6 Å². The lowest BCUT2D eigenvalue weighted by molar-refractivity contribution is -0.116. The summed E-state index contributed by atoms with van der Waals surface area (Å²) in [5.74, 6) is -0.214. The maximum absolute atomic E-state index is 12.3. The van der Waals surface area contributed by atoms with E-state index in [1.165, 1.54) is 25.3 Å². The van der Waals surface area contributed by atoms with Gasteiger partial charge in [0.1, 0.15) is 0 Å². The van der Waals surface area contributed by atoms with Crippen LogP contribution in [-0.2, 0) is 11.3 Å². The fourth-order valence-corrected chi connectivity index (χ4v) is 2.26. The normalized spacial score (nSPS) is 10.9. The van der Waals surface area contributed by atoms with Gasteiger partial charge in [-0.2, -0.15) is 8.78 Å². The van der Waals surface area contributed by atoms with Crippen molar-refractivity contribution < 1.29 is 23.0 Å². The molecule has 0 aliphatic carbocycles. The Hall–Kier alpha value is -2.60. The van der Waals surface area contributed by atoms with E-state index < -0.39 is 6.61 Å². The molecular formula is C18H16ClF2NO3. The molecule has 132 valence electrons. The van der Waals surface area contributed by atoms with Crippen LogP contribution < -0.4 is 14.8 Å². The van der Waals surface area contributed by atoms with Crippen LogP contribution in [0.4, 0.5) is 8.78 Å². The first-order chi connectivity index (χ1) is 12.0. The number of benzene rings is 2. The fraction of sp³-hybridized carbons (Fsp3) is 0.167. The molecule has 0 heterocycles. The molecule has 0 aliphatic heterocycles. The molecule has 0 atom stereocenters. The second kappa shape index (κ2) is 9.03. The first-order valence-corrected chi connectivity index (χ1v) is 7.69. The molecule has 0 radical (unpaired) electrons. The van der Waals surface area contributed by atoms with E-state index in [2.05, 4.69) is 10.1 Å². The molecule has 2 rings (SSSR count). The molecule has 7 heteroatoms. The molecule has 25 heavy (non-hydrogen) atoms. The Bertz CT molecular complexity index is 766. The molecule has 0 saturated carbocycles. The maximum Gasteiger partial charge on any atom is 0.387 e. The number of rotatable bonds is 7. The summed E-state index contributed by atoms with van der Waals surface area (Å²) < 4.78 is 33.9. The largest absolute Gasteiger partial charge is 0.493 e. The van der Waals surface area contributed by atoms with Gasteiger partial charge < -0.3 is 14.8 Å². The van der Waals surface area contributed by atoms with Crippen LogP contribution in [0.1, 0.15) is 11.1 Å². The lowest BCUT2D eigenvalue weighted by Crippen LogP contribution is -2.20. The van der Waals surface area contributed by atoms with E-state index in [-0.39, 0.29) is 17.4 Å². The third-order valence-corrected chi connectivity index (χ3v) is 3.42. The fourth-order valence-electron chi connectivity index (χ4n) is 2.05. The molecule has 4 nitrogen and oxygen atoms in total. The number of hydrogen-bond acceptors (Lipinski definition) is 3. The van der Waals surface area contributed by atoms with Gasteiger partial charge in [0, 0.05) is 17.6 Å². The quantitative estimate of drug-likeness (QED) is 0.743. The van der Waals surface area contributed by atoms with Crippen molar-refractivity contribution in [1.82, 2.24) is 5.32 Å². The van der Waals surface area contributed by atoms with Crippen LogP contribution in [0.3, 0.4) is 0 Å². The minimum absolute atomic E-state index is 0.0694. The molecule has 1 N–H and O–H groups in total. The highest BCUT2D eigenvalue weighted by atomic mass is 35.5. The van der Waals surface area contributed by atoms with Crippen molar-refractivity contribution in [2.75, 3.05) is 7.11 Å². The number of methoxy groups -OCH3 is 1. The van der Waals surface area contributed by atoms with Gasteiger partial charge in [0.25, 0.3) is 0 Å². The van der Waals surface area contributed by atoms with E-state index in [1.807, 2.05) is 6.07 Å². The number of nitrogens with one attached hydrogen (secondary N) is 1. The number of ether oxygens (including phenoxy) is 2.